The maximum atomic E-state index is 12.2. The summed E-state index contributed by atoms with van der Waals surface area (Å²) in [5.41, 5.74) is 0.553. The van der Waals surface area contributed by atoms with Gasteiger partial charge in [-0.3, -0.25) is 4.79 Å². The molecule has 0 aliphatic rings. The minimum absolute atomic E-state index is 0.118. The van der Waals surface area contributed by atoms with Gasteiger partial charge >= 0.3 is 0 Å². The number of nitrogens with zero attached hydrogens (tertiary/aromatic N) is 2. The molecule has 0 bridgehead atoms. The number of thiocarbonyl (C=S) groups is 1. The second kappa shape index (κ2) is 8.95. The molecule has 0 aliphatic carbocycles. The number of anilines is 1. The summed E-state index contributed by atoms with van der Waals surface area (Å²) >= 11 is 5.32. The maximum Gasteiger partial charge on any atom is 0.242 e. The average Bonchev–Trinajstić information content (AvgIpc) is 2.52. The van der Waals surface area contributed by atoms with Crippen LogP contribution in [0.1, 0.15) is 13.8 Å². The molecule has 0 heterocycles. The van der Waals surface area contributed by atoms with Crippen molar-refractivity contribution in [2.24, 2.45) is 0 Å². The molecule has 1 aromatic carbocycles. The number of hydrogen-bond donors (Lipinski definition) is 2. The van der Waals surface area contributed by atoms with E-state index in [-0.39, 0.29) is 17.3 Å². The topological polar surface area (TPSA) is 81.8 Å². The highest BCUT2D eigenvalue weighted by atomic mass is 32.2. The normalized spacial score (nSPS) is 11.2. The van der Waals surface area contributed by atoms with E-state index in [1.807, 2.05) is 13.8 Å². The molecule has 9 heteroatoms. The lowest BCUT2D eigenvalue weighted by Gasteiger charge is -2.24. The number of carbonyl (C=O) groups excluding carboxylic acids is 1. The molecule has 0 aromatic heterocycles. The van der Waals surface area contributed by atoms with Crippen molar-refractivity contribution < 1.29 is 13.2 Å². The Labute approximate surface area is 149 Å². The van der Waals surface area contributed by atoms with Crippen LogP contribution in [-0.2, 0) is 14.8 Å². The first-order chi connectivity index (χ1) is 11.2. The molecule has 0 radical (unpaired) electrons. The molecular weight excluding hydrogens is 348 g/mol. The minimum Gasteiger partial charge on any atom is -0.355 e. The molecule has 134 valence electrons. The molecule has 1 aromatic rings. The van der Waals surface area contributed by atoms with Crippen LogP contribution >= 0.6 is 12.2 Å². The van der Waals surface area contributed by atoms with Crippen LogP contribution in [0, 0.1) is 0 Å². The summed E-state index contributed by atoms with van der Waals surface area (Å²) in [6, 6.07) is 6.40. The summed E-state index contributed by atoms with van der Waals surface area (Å²) in [6.07, 6.45) is 0. The average molecular weight is 373 g/mol. The van der Waals surface area contributed by atoms with E-state index in [2.05, 4.69) is 10.6 Å². The number of rotatable bonds is 7. The van der Waals surface area contributed by atoms with Crippen molar-refractivity contribution in [3.63, 3.8) is 0 Å². The van der Waals surface area contributed by atoms with Crippen molar-refractivity contribution in [3.8, 4) is 0 Å². The molecule has 0 fully saturated rings. The Bertz CT molecular complexity index is 690. The van der Waals surface area contributed by atoms with Crippen LogP contribution in [0.15, 0.2) is 29.2 Å². The van der Waals surface area contributed by atoms with Crippen molar-refractivity contribution in [1.82, 2.24) is 14.5 Å². The van der Waals surface area contributed by atoms with Gasteiger partial charge < -0.3 is 15.5 Å². The summed E-state index contributed by atoms with van der Waals surface area (Å²) in [6.45, 7) is 4.99. The van der Waals surface area contributed by atoms with Crippen LogP contribution in [0.2, 0.25) is 0 Å². The Morgan fingerprint density at radius 2 is 1.92 bits per heavy atom. The first kappa shape index (κ1) is 20.3. The second-order valence-corrected chi connectivity index (χ2v) is 7.75. The van der Waals surface area contributed by atoms with Crippen LogP contribution in [0.3, 0.4) is 0 Å². The van der Waals surface area contributed by atoms with Gasteiger partial charge in [-0.2, -0.15) is 0 Å². The first-order valence-corrected chi connectivity index (χ1v) is 9.42. The molecule has 2 N–H and O–H groups in total. The standard InChI is InChI=1S/C15H24N4O3S2/c1-5-16-14(20)11-19(6-2)15(23)17-12-8-7-9-13(10-12)24(21,22)18(3)4/h7-10H,5-6,11H2,1-4H3,(H,16,20)(H,17,23). The molecule has 7 nitrogen and oxygen atoms in total. The Hall–Kier alpha value is -1.71. The third kappa shape index (κ3) is 5.43. The van der Waals surface area contributed by atoms with Gasteiger partial charge in [0.2, 0.25) is 15.9 Å². The van der Waals surface area contributed by atoms with Gasteiger partial charge in [0.05, 0.1) is 11.4 Å². The number of benzene rings is 1. The fourth-order valence-electron chi connectivity index (χ4n) is 1.90. The SMILES string of the molecule is CCNC(=O)CN(CC)C(=S)Nc1cccc(S(=O)(=O)N(C)C)c1. The van der Waals surface area contributed by atoms with Gasteiger partial charge in [0.1, 0.15) is 0 Å². The number of likely N-dealkylation sites (N-methyl/N-ethyl adjacent to an activating group) is 2. The summed E-state index contributed by atoms with van der Waals surface area (Å²) in [5, 5.41) is 6.07. The second-order valence-electron chi connectivity index (χ2n) is 5.21. The lowest BCUT2D eigenvalue weighted by Crippen LogP contribution is -2.42. The quantitative estimate of drug-likeness (QED) is 0.698. The third-order valence-corrected chi connectivity index (χ3v) is 5.41. The number of sulfonamides is 1. The third-order valence-electron chi connectivity index (χ3n) is 3.24. The van der Waals surface area contributed by atoms with Gasteiger partial charge in [-0.05, 0) is 44.3 Å². The molecular formula is C15H24N4O3S2. The van der Waals surface area contributed by atoms with Crippen LogP contribution < -0.4 is 10.6 Å². The minimum atomic E-state index is -3.52. The van der Waals surface area contributed by atoms with E-state index in [0.29, 0.717) is 23.9 Å². The zero-order valence-corrected chi connectivity index (χ0v) is 16.0. The lowest BCUT2D eigenvalue weighted by atomic mass is 10.3. The summed E-state index contributed by atoms with van der Waals surface area (Å²) in [5.74, 6) is -0.118. The van der Waals surface area contributed by atoms with E-state index >= 15 is 0 Å². The van der Waals surface area contributed by atoms with Crippen molar-refractivity contribution in [2.75, 3.05) is 39.0 Å². The van der Waals surface area contributed by atoms with Gasteiger partial charge in [-0.15, -0.1) is 0 Å². The number of nitrogens with one attached hydrogen (secondary N) is 2. The van der Waals surface area contributed by atoms with Gasteiger partial charge in [0.15, 0.2) is 5.11 Å². The number of amides is 1. The fraction of sp³-hybridized carbons (Fsp3) is 0.467. The summed E-state index contributed by atoms with van der Waals surface area (Å²) in [4.78, 5) is 13.6. The summed E-state index contributed by atoms with van der Waals surface area (Å²) in [7, 11) is -0.560. The van der Waals surface area contributed by atoms with Gasteiger partial charge in [-0.25, -0.2) is 12.7 Å². The predicted molar refractivity (Wildman–Crippen MR) is 99.5 cm³/mol. The van der Waals surface area contributed by atoms with Crippen molar-refractivity contribution in [1.29, 1.82) is 0 Å². The van der Waals surface area contributed by atoms with Crippen LogP contribution in [0.4, 0.5) is 5.69 Å². The fourth-order valence-corrected chi connectivity index (χ4v) is 3.16. The van der Waals surface area contributed by atoms with E-state index in [1.165, 1.54) is 26.2 Å². The first-order valence-electron chi connectivity index (χ1n) is 7.57. The lowest BCUT2D eigenvalue weighted by molar-refractivity contribution is -0.121. The molecule has 1 amide bonds. The van der Waals surface area contributed by atoms with Crippen molar-refractivity contribution >= 4 is 38.9 Å². The van der Waals surface area contributed by atoms with Crippen LogP contribution in [0.25, 0.3) is 0 Å². The molecule has 0 saturated heterocycles. The molecule has 0 atom stereocenters. The van der Waals surface area contributed by atoms with Crippen LogP contribution in [0.5, 0.6) is 0 Å². The predicted octanol–water partition coefficient (Wildman–Crippen LogP) is 1.09. The zero-order chi connectivity index (χ0) is 18.3. The van der Waals surface area contributed by atoms with Gasteiger partial charge in [-0.1, -0.05) is 6.07 Å². The van der Waals surface area contributed by atoms with Gasteiger partial charge in [0, 0.05) is 32.9 Å². The maximum absolute atomic E-state index is 12.2. The van der Waals surface area contributed by atoms with E-state index in [0.717, 1.165) is 4.31 Å². The highest BCUT2D eigenvalue weighted by molar-refractivity contribution is 7.89. The van der Waals surface area contributed by atoms with E-state index in [4.69, 9.17) is 12.2 Å². The van der Waals surface area contributed by atoms with Crippen LogP contribution in [-0.4, -0.2) is 62.4 Å². The van der Waals surface area contributed by atoms with Crippen molar-refractivity contribution in [2.45, 2.75) is 18.7 Å². The van der Waals surface area contributed by atoms with E-state index in [1.54, 1.807) is 17.0 Å². The molecule has 0 saturated carbocycles. The van der Waals surface area contributed by atoms with E-state index in [9.17, 15) is 13.2 Å². The highest BCUT2D eigenvalue weighted by Crippen LogP contribution is 2.18. The van der Waals surface area contributed by atoms with Crippen molar-refractivity contribution in [3.05, 3.63) is 24.3 Å². The Balaban J connectivity index is 2.88. The molecule has 24 heavy (non-hydrogen) atoms. The van der Waals surface area contributed by atoms with Gasteiger partial charge in [0.25, 0.3) is 0 Å². The Kier molecular flexibility index (Phi) is 7.59. The zero-order valence-electron chi connectivity index (χ0n) is 14.4. The Morgan fingerprint density at radius 1 is 1.25 bits per heavy atom. The number of carbonyl (C=O) groups is 1. The Morgan fingerprint density at radius 3 is 2.46 bits per heavy atom. The molecule has 0 aliphatic heterocycles. The number of hydrogen-bond acceptors (Lipinski definition) is 4. The molecule has 0 spiro atoms. The molecule has 1 rings (SSSR count). The smallest absolute Gasteiger partial charge is 0.242 e. The highest BCUT2D eigenvalue weighted by Gasteiger charge is 2.18. The van der Waals surface area contributed by atoms with E-state index < -0.39 is 10.0 Å². The largest absolute Gasteiger partial charge is 0.355 e. The summed E-state index contributed by atoms with van der Waals surface area (Å²) < 4.78 is 25.5. The monoisotopic (exact) mass is 372 g/mol. The molecule has 0 unspecified atom stereocenters.